The van der Waals surface area contributed by atoms with E-state index in [2.05, 4.69) is 13.8 Å². The predicted molar refractivity (Wildman–Crippen MR) is 142 cm³/mol. The van der Waals surface area contributed by atoms with Crippen molar-refractivity contribution < 1.29 is 52.1 Å². The number of carbonyl (C=O) groups excluding carboxylic acids is 1. The molecule has 0 bridgehead atoms. The third-order valence-corrected chi connectivity index (χ3v) is 7.80. The molecular weight excluding hydrogens is 471 g/mol. The van der Waals surface area contributed by atoms with Gasteiger partial charge in [0, 0.05) is 0 Å². The number of carbonyl (C=O) groups is 1. The van der Waals surface area contributed by atoms with Crippen LogP contribution in [0.25, 0.3) is 0 Å². The Labute approximate surface area is 240 Å². The maximum atomic E-state index is 12.2. The number of hydrogen-bond donors (Lipinski definition) is 0. The van der Waals surface area contributed by atoms with Crippen molar-refractivity contribution in [3.63, 3.8) is 0 Å². The molecule has 0 aliphatic carbocycles. The van der Waals surface area contributed by atoms with Gasteiger partial charge in [-0.05, 0) is 12.8 Å². The number of unbranched alkanes of at least 4 members (excludes halogenated alkanes) is 20. The van der Waals surface area contributed by atoms with Crippen molar-refractivity contribution in [2.24, 2.45) is 0 Å². The molecule has 0 aromatic rings. The minimum atomic E-state index is -4.67. The molecule has 0 aromatic carbocycles. The quantitative estimate of drug-likeness (QED) is 0.0647. The number of ether oxygens (including phenoxy) is 1. The van der Waals surface area contributed by atoms with Gasteiger partial charge >= 0.3 is 35.5 Å². The Morgan fingerprint density at radius 3 is 1.26 bits per heavy atom. The summed E-state index contributed by atoms with van der Waals surface area (Å²) in [7, 11) is -4.67. The Kier molecular flexibility index (Phi) is 29.4. The molecular formula is C28H55NaO5S. The van der Waals surface area contributed by atoms with Crippen LogP contribution in [0.4, 0.5) is 0 Å². The van der Waals surface area contributed by atoms with Gasteiger partial charge in [-0.25, -0.2) is 8.42 Å². The molecule has 1 unspecified atom stereocenters. The number of hydrogen-bond acceptors (Lipinski definition) is 5. The van der Waals surface area contributed by atoms with E-state index in [1.165, 1.54) is 96.3 Å². The minimum absolute atomic E-state index is 0. The molecule has 1 atom stereocenters. The summed E-state index contributed by atoms with van der Waals surface area (Å²) in [6.45, 7) is 4.66. The molecule has 0 radical (unpaired) electrons. The van der Waals surface area contributed by atoms with Gasteiger partial charge in [0.2, 0.25) is 0 Å². The molecule has 0 aromatic heterocycles. The summed E-state index contributed by atoms with van der Waals surface area (Å²) in [4.78, 5) is 12.2. The van der Waals surface area contributed by atoms with Crippen LogP contribution in [0, 0.1) is 0 Å². The van der Waals surface area contributed by atoms with E-state index < -0.39 is 21.3 Å². The summed E-state index contributed by atoms with van der Waals surface area (Å²) < 4.78 is 39.8. The van der Waals surface area contributed by atoms with E-state index in [0.29, 0.717) is 6.42 Å². The second kappa shape index (κ2) is 27.4. The smallest absolute Gasteiger partial charge is 0.747 e. The zero-order chi connectivity index (χ0) is 25.3. The molecule has 0 saturated carbocycles. The number of rotatable bonds is 26. The largest absolute Gasteiger partial charge is 1.00 e. The van der Waals surface area contributed by atoms with Crippen molar-refractivity contribution in [2.45, 2.75) is 167 Å². The van der Waals surface area contributed by atoms with Gasteiger partial charge in [0.1, 0.15) is 15.4 Å². The van der Waals surface area contributed by atoms with E-state index in [9.17, 15) is 17.8 Å². The van der Waals surface area contributed by atoms with Crippen LogP contribution in [0.15, 0.2) is 0 Å². The average molecular weight is 527 g/mol. The summed E-state index contributed by atoms with van der Waals surface area (Å²) in [5, 5.41) is -1.54. The monoisotopic (exact) mass is 526 g/mol. The first-order valence-electron chi connectivity index (χ1n) is 14.5. The fourth-order valence-corrected chi connectivity index (χ4v) is 5.17. The molecule has 35 heavy (non-hydrogen) atoms. The SMILES string of the molecule is CCCCCCCCCCCCCCOC(=O)C(CCCCCCCCCCCC)S(=O)(=O)[O-].[Na+]. The normalized spacial score (nSPS) is 12.3. The molecule has 0 N–H and O–H groups in total. The zero-order valence-corrected chi connectivity index (χ0v) is 26.3. The second-order valence-corrected chi connectivity index (χ2v) is 11.6. The van der Waals surface area contributed by atoms with Gasteiger partial charge in [0.05, 0.1) is 6.61 Å². The van der Waals surface area contributed by atoms with Crippen LogP contribution in [0.5, 0.6) is 0 Å². The molecule has 0 spiro atoms. The van der Waals surface area contributed by atoms with Crippen LogP contribution in [-0.4, -0.2) is 30.8 Å². The predicted octanol–water partition coefficient (Wildman–Crippen LogP) is 5.46. The van der Waals surface area contributed by atoms with Crippen molar-refractivity contribution in [3.8, 4) is 0 Å². The Hall–Kier alpha value is 0.380. The second-order valence-electron chi connectivity index (χ2n) is 10.0. The molecule has 0 aliphatic heterocycles. The molecule has 0 fully saturated rings. The molecule has 5 nitrogen and oxygen atoms in total. The third-order valence-electron chi connectivity index (χ3n) is 6.67. The van der Waals surface area contributed by atoms with Crippen molar-refractivity contribution in [3.05, 3.63) is 0 Å². The summed E-state index contributed by atoms with van der Waals surface area (Å²) in [6.07, 6.45) is 25.9. The van der Waals surface area contributed by atoms with Gasteiger partial charge < -0.3 is 9.29 Å². The van der Waals surface area contributed by atoms with Crippen molar-refractivity contribution in [2.75, 3.05) is 6.61 Å². The van der Waals surface area contributed by atoms with Crippen LogP contribution in [0.3, 0.4) is 0 Å². The maximum Gasteiger partial charge on any atom is 1.00 e. The van der Waals surface area contributed by atoms with Crippen LogP contribution >= 0.6 is 0 Å². The molecule has 0 aliphatic rings. The third kappa shape index (κ3) is 25.8. The van der Waals surface area contributed by atoms with E-state index in [1.807, 2.05) is 0 Å². The van der Waals surface area contributed by atoms with Gasteiger partial charge in [0.15, 0.2) is 0 Å². The van der Waals surface area contributed by atoms with Gasteiger partial charge in [-0.2, -0.15) is 0 Å². The van der Waals surface area contributed by atoms with E-state index in [4.69, 9.17) is 4.74 Å². The van der Waals surface area contributed by atoms with Crippen LogP contribution < -0.4 is 29.6 Å². The number of esters is 1. The summed E-state index contributed by atoms with van der Waals surface area (Å²) in [5.41, 5.74) is 0. The first kappa shape index (κ1) is 37.5. The average Bonchev–Trinajstić information content (AvgIpc) is 2.79. The Morgan fingerprint density at radius 1 is 0.600 bits per heavy atom. The first-order valence-corrected chi connectivity index (χ1v) is 16.0. The summed E-state index contributed by atoms with van der Waals surface area (Å²) in [5.74, 6) is -0.853. The zero-order valence-electron chi connectivity index (χ0n) is 23.5. The Bertz CT molecular complexity index is 554. The first-order chi connectivity index (χ1) is 16.4. The fraction of sp³-hybridized carbons (Fsp3) is 0.964. The van der Waals surface area contributed by atoms with E-state index in [-0.39, 0.29) is 42.6 Å². The van der Waals surface area contributed by atoms with Crippen LogP contribution in [-0.2, 0) is 19.6 Å². The molecule has 0 rings (SSSR count). The minimum Gasteiger partial charge on any atom is -0.747 e. The van der Waals surface area contributed by atoms with Crippen molar-refractivity contribution >= 4 is 16.1 Å². The van der Waals surface area contributed by atoms with Crippen LogP contribution in [0.1, 0.15) is 162 Å². The molecule has 0 heterocycles. The molecule has 0 saturated heterocycles. The van der Waals surface area contributed by atoms with E-state index in [1.54, 1.807) is 0 Å². The van der Waals surface area contributed by atoms with Crippen molar-refractivity contribution in [1.82, 2.24) is 0 Å². The fourth-order valence-electron chi connectivity index (χ4n) is 4.41. The Morgan fingerprint density at radius 2 is 0.914 bits per heavy atom. The van der Waals surface area contributed by atoms with Crippen molar-refractivity contribution in [1.29, 1.82) is 0 Å². The van der Waals surface area contributed by atoms with Gasteiger partial charge in [-0.15, -0.1) is 0 Å². The van der Waals surface area contributed by atoms with Gasteiger partial charge in [-0.3, -0.25) is 4.79 Å². The van der Waals surface area contributed by atoms with Gasteiger partial charge in [0.25, 0.3) is 0 Å². The summed E-state index contributed by atoms with van der Waals surface area (Å²) in [6, 6.07) is 0. The van der Waals surface area contributed by atoms with E-state index >= 15 is 0 Å². The Balaban J connectivity index is 0. The van der Waals surface area contributed by atoms with E-state index in [0.717, 1.165) is 38.5 Å². The molecule has 204 valence electrons. The molecule has 0 amide bonds. The topological polar surface area (TPSA) is 83.5 Å². The van der Waals surface area contributed by atoms with Gasteiger partial charge in [-0.1, -0.05) is 149 Å². The summed E-state index contributed by atoms with van der Waals surface area (Å²) >= 11 is 0. The maximum absolute atomic E-state index is 12.2. The van der Waals surface area contributed by atoms with Crippen LogP contribution in [0.2, 0.25) is 0 Å². The standard InChI is InChI=1S/C28H56O5S.Na/c1-3-5-7-9-11-13-15-16-18-20-22-24-26-33-28(29)27(34(30,31)32)25-23-21-19-17-14-12-10-8-6-4-2;/h27H,3-26H2,1-2H3,(H,30,31,32);/q;+1/p-1. The molecule has 7 heteroatoms.